The van der Waals surface area contributed by atoms with Crippen LogP contribution >= 0.6 is 14.8 Å². The van der Waals surface area contributed by atoms with Crippen LogP contribution < -0.4 is 31.8 Å². The maximum absolute atomic E-state index is 14.2. The first-order chi connectivity index (χ1) is 20.7. The van der Waals surface area contributed by atoms with Crippen LogP contribution in [0.3, 0.4) is 0 Å². The highest BCUT2D eigenvalue weighted by atomic mass is 31.2. The largest absolute Gasteiger partial charge is 0.311 e. The number of nitrogens with zero attached hydrogens (tertiary/aromatic N) is 2. The van der Waals surface area contributed by atoms with Gasteiger partial charge in [-0.1, -0.05) is 109 Å². The summed E-state index contributed by atoms with van der Waals surface area (Å²) >= 11 is 0. The summed E-state index contributed by atoms with van der Waals surface area (Å²) < 4.78 is 1.71. The summed E-state index contributed by atoms with van der Waals surface area (Å²) in [6.45, 7) is 0. The lowest BCUT2D eigenvalue weighted by Gasteiger charge is -2.36. The SMILES string of the molecule is O=[N+]([O-])N([P+](c1ccccc1)(c1ccccc1)c1ccccc1)[P+](c1ccccc1)(c1ccccc1)c1ccccc1. The van der Waals surface area contributed by atoms with Crippen LogP contribution in [0, 0.1) is 10.1 Å². The van der Waals surface area contributed by atoms with E-state index in [1.807, 2.05) is 109 Å². The summed E-state index contributed by atoms with van der Waals surface area (Å²) in [5.41, 5.74) is 0. The van der Waals surface area contributed by atoms with Gasteiger partial charge in [-0.15, -0.1) is 0 Å². The Morgan fingerprint density at radius 3 is 0.667 bits per heavy atom. The van der Waals surface area contributed by atoms with Gasteiger partial charge in [-0.2, -0.15) is 0 Å². The molecule has 0 aliphatic carbocycles. The van der Waals surface area contributed by atoms with Crippen molar-refractivity contribution >= 4 is 46.7 Å². The molecule has 0 atom stereocenters. The van der Waals surface area contributed by atoms with Crippen LogP contribution in [0.5, 0.6) is 0 Å². The second kappa shape index (κ2) is 12.1. The van der Waals surface area contributed by atoms with Crippen molar-refractivity contribution in [3.05, 3.63) is 192 Å². The van der Waals surface area contributed by atoms with E-state index in [0.29, 0.717) is 0 Å². The van der Waals surface area contributed by atoms with Gasteiger partial charge in [-0.25, -0.2) is 10.1 Å². The fourth-order valence-corrected chi connectivity index (χ4v) is 16.4. The van der Waals surface area contributed by atoms with Crippen LogP contribution in [0.4, 0.5) is 0 Å². The van der Waals surface area contributed by atoms with Gasteiger partial charge >= 0.3 is 14.8 Å². The van der Waals surface area contributed by atoms with Crippen molar-refractivity contribution in [1.29, 1.82) is 0 Å². The molecule has 0 saturated carbocycles. The molecule has 0 spiro atoms. The van der Waals surface area contributed by atoms with Crippen molar-refractivity contribution in [2.45, 2.75) is 0 Å². The Bertz CT molecular complexity index is 1420. The minimum Gasteiger partial charge on any atom is -0.229 e. The van der Waals surface area contributed by atoms with E-state index in [9.17, 15) is 10.1 Å². The molecule has 0 aromatic heterocycles. The zero-order chi connectivity index (χ0) is 28.8. The van der Waals surface area contributed by atoms with E-state index in [2.05, 4.69) is 72.8 Å². The van der Waals surface area contributed by atoms with Crippen LogP contribution in [-0.4, -0.2) is 9.58 Å². The maximum Gasteiger partial charge on any atom is 0.311 e. The van der Waals surface area contributed by atoms with Crippen molar-refractivity contribution in [2.24, 2.45) is 0 Å². The summed E-state index contributed by atoms with van der Waals surface area (Å²) in [5, 5.41) is 19.6. The fourth-order valence-electron chi connectivity index (χ4n) is 5.80. The molecule has 0 N–H and O–H groups in total. The number of hydrazine groups is 1. The first-order valence-electron chi connectivity index (χ1n) is 13.8. The van der Waals surface area contributed by atoms with Gasteiger partial charge in [0.25, 0.3) is 0 Å². The number of hydrogen-bond donors (Lipinski definition) is 0. The molecule has 0 heterocycles. The van der Waals surface area contributed by atoms with Crippen molar-refractivity contribution < 1.29 is 5.03 Å². The molecule has 6 rings (SSSR count). The van der Waals surface area contributed by atoms with Gasteiger partial charge in [0.05, 0.1) is 0 Å². The van der Waals surface area contributed by atoms with E-state index in [1.165, 1.54) is 0 Å². The number of rotatable bonds is 9. The molecular weight excluding hydrogens is 554 g/mol. The molecule has 6 heteroatoms. The highest BCUT2D eigenvalue weighted by Crippen LogP contribution is 2.75. The molecule has 0 saturated heterocycles. The Labute approximate surface area is 247 Å². The van der Waals surface area contributed by atoms with E-state index in [4.69, 9.17) is 0 Å². The molecule has 0 aliphatic heterocycles. The Balaban J connectivity index is 1.88. The smallest absolute Gasteiger partial charge is 0.229 e. The summed E-state index contributed by atoms with van der Waals surface area (Å²) in [7, 11) is -6.31. The Morgan fingerprint density at radius 1 is 0.357 bits per heavy atom. The average Bonchev–Trinajstić information content (AvgIpc) is 3.07. The average molecular weight is 585 g/mol. The standard InChI is InChI=1S/C36H30N2O2P2/c39-37(40)38(41(31-19-7-1-8-20-31,32-21-9-2-10-22-32)33-23-11-3-12-24-33)42(34-25-13-4-14-26-34,35-27-15-5-16-28-35)36-29-17-6-18-30-36/h1-30H/q+2. The summed E-state index contributed by atoms with van der Waals surface area (Å²) in [6, 6.07) is 60.3. The highest BCUT2D eigenvalue weighted by Gasteiger charge is 2.74. The van der Waals surface area contributed by atoms with Crippen LogP contribution in [0.1, 0.15) is 0 Å². The van der Waals surface area contributed by atoms with E-state index in [-0.39, 0.29) is 5.03 Å². The minimum atomic E-state index is -3.15. The molecule has 0 unspecified atom stereocenters. The third-order valence-electron chi connectivity index (χ3n) is 7.46. The van der Waals surface area contributed by atoms with Crippen molar-refractivity contribution in [2.75, 3.05) is 0 Å². The van der Waals surface area contributed by atoms with Gasteiger partial charge in [0.15, 0.2) is 0 Å². The van der Waals surface area contributed by atoms with Crippen molar-refractivity contribution in [1.82, 2.24) is 4.55 Å². The van der Waals surface area contributed by atoms with Gasteiger partial charge in [0.1, 0.15) is 36.4 Å². The predicted octanol–water partition coefficient (Wildman–Crippen LogP) is 6.30. The quantitative estimate of drug-likeness (QED) is 0.114. The molecule has 6 aromatic carbocycles. The van der Waals surface area contributed by atoms with Gasteiger partial charge in [-0.3, -0.25) is 0 Å². The van der Waals surface area contributed by atoms with Gasteiger partial charge in [0, 0.05) is 0 Å². The van der Waals surface area contributed by atoms with E-state index < -0.39 is 14.8 Å². The number of hydrogen-bond acceptors (Lipinski definition) is 2. The van der Waals surface area contributed by atoms with Gasteiger partial charge in [-0.05, 0) is 72.8 Å². The zero-order valence-electron chi connectivity index (χ0n) is 22.9. The summed E-state index contributed by atoms with van der Waals surface area (Å²) in [5.74, 6) is 0. The van der Waals surface area contributed by atoms with Crippen LogP contribution in [0.15, 0.2) is 182 Å². The molecule has 0 radical (unpaired) electrons. The van der Waals surface area contributed by atoms with Crippen molar-refractivity contribution in [3.8, 4) is 0 Å². The fraction of sp³-hybridized carbons (Fsp3) is 0. The molecule has 0 bridgehead atoms. The third-order valence-corrected chi connectivity index (χ3v) is 16.7. The number of nitro groups is 1. The highest BCUT2D eigenvalue weighted by molar-refractivity contribution is 8.06. The predicted molar refractivity (Wildman–Crippen MR) is 179 cm³/mol. The Morgan fingerprint density at radius 2 is 0.524 bits per heavy atom. The lowest BCUT2D eigenvalue weighted by Crippen LogP contribution is -2.52. The first kappa shape index (κ1) is 27.5. The number of benzene rings is 6. The van der Waals surface area contributed by atoms with E-state index in [1.54, 1.807) is 4.55 Å². The molecule has 6 aromatic rings. The molecule has 0 fully saturated rings. The van der Waals surface area contributed by atoms with Crippen LogP contribution in [-0.2, 0) is 0 Å². The first-order valence-corrected chi connectivity index (χ1v) is 17.3. The van der Waals surface area contributed by atoms with E-state index in [0.717, 1.165) is 31.8 Å². The Hall–Kier alpha value is -4.62. The summed E-state index contributed by atoms with van der Waals surface area (Å²) in [6.07, 6.45) is 0. The lowest BCUT2D eigenvalue weighted by molar-refractivity contribution is -0.587. The molecule has 0 aliphatic rings. The summed E-state index contributed by atoms with van der Waals surface area (Å²) in [4.78, 5) is 14.2. The van der Waals surface area contributed by atoms with Gasteiger partial charge < -0.3 is 0 Å². The minimum absolute atomic E-state index is 0.110. The topological polar surface area (TPSA) is 46.4 Å². The normalized spacial score (nSPS) is 11.5. The lowest BCUT2D eigenvalue weighted by atomic mass is 10.4. The van der Waals surface area contributed by atoms with E-state index >= 15 is 0 Å². The second-order valence-corrected chi connectivity index (χ2v) is 16.5. The van der Waals surface area contributed by atoms with Crippen LogP contribution in [0.2, 0.25) is 0 Å². The second-order valence-electron chi connectivity index (χ2n) is 9.79. The maximum atomic E-state index is 14.2. The van der Waals surface area contributed by atoms with Gasteiger partial charge in [0.2, 0.25) is 5.03 Å². The molecule has 42 heavy (non-hydrogen) atoms. The zero-order valence-corrected chi connectivity index (χ0v) is 24.7. The molecule has 0 amide bonds. The van der Waals surface area contributed by atoms with Crippen molar-refractivity contribution in [3.63, 3.8) is 0 Å². The molecular formula is C36H30N2O2P2+2. The molecule has 4 nitrogen and oxygen atoms in total. The Kier molecular flexibility index (Phi) is 7.93. The third kappa shape index (κ3) is 4.60. The monoisotopic (exact) mass is 584 g/mol. The molecule has 204 valence electrons. The van der Waals surface area contributed by atoms with Crippen LogP contribution in [0.25, 0.3) is 0 Å².